The molecule has 1 fully saturated rings. The van der Waals surface area contributed by atoms with Gasteiger partial charge in [-0.05, 0) is 183 Å². The van der Waals surface area contributed by atoms with Gasteiger partial charge in [-0.2, -0.15) is 10.2 Å². The first-order chi connectivity index (χ1) is 38.4. The number of pyridine rings is 1. The van der Waals surface area contributed by atoms with E-state index in [2.05, 4.69) is 82.5 Å². The highest BCUT2D eigenvalue weighted by atomic mass is 32.1. The van der Waals surface area contributed by atoms with Gasteiger partial charge in [0.05, 0.1) is 35.8 Å². The van der Waals surface area contributed by atoms with Crippen molar-refractivity contribution in [1.82, 2.24) is 59.8 Å². The van der Waals surface area contributed by atoms with Crippen molar-refractivity contribution >= 4 is 103 Å². The Morgan fingerprint density at radius 3 is 1.53 bits per heavy atom. The number of benzene rings is 5. The Bertz CT molecular complexity index is 4380. The van der Waals surface area contributed by atoms with Gasteiger partial charge in [0.1, 0.15) is 32.2 Å². The summed E-state index contributed by atoms with van der Waals surface area (Å²) in [5.41, 5.74) is 14.3. The molecule has 0 saturated carbocycles. The molecule has 5 aromatic carbocycles. The number of imidazole rings is 1. The lowest BCUT2D eigenvalue weighted by Gasteiger charge is -2.20. The highest BCUT2D eigenvalue weighted by Gasteiger charge is 2.22. The minimum Gasteiger partial charge on any atom is -0.317 e. The summed E-state index contributed by atoms with van der Waals surface area (Å²) >= 11 is 4.78. The van der Waals surface area contributed by atoms with Crippen molar-refractivity contribution in [1.29, 1.82) is 0 Å². The first-order valence-corrected chi connectivity index (χ1v) is 29.0. The molecule has 18 heteroatoms. The Balaban J connectivity index is 0.000000112. The molecule has 12 nitrogen and oxygen atoms in total. The largest absolute Gasteiger partial charge is 0.317 e. The number of nitrogens with one attached hydrogen (secondary N) is 3. The third-order valence-electron chi connectivity index (χ3n) is 14.8. The molecule has 3 aliphatic heterocycles. The monoisotopic (exact) mass is 1110 g/mol. The molecule has 0 aliphatic carbocycles. The molecule has 398 valence electrons. The molecule has 0 atom stereocenters. The molecule has 0 unspecified atom stereocenters. The molecule has 0 radical (unpaired) electrons. The van der Waals surface area contributed by atoms with E-state index in [1.165, 1.54) is 11.1 Å². The number of rotatable bonds is 6. The molecular formula is C61H55F3N12S3. The molecule has 15 rings (SSSR count). The normalized spacial score (nSPS) is 15.2. The van der Waals surface area contributed by atoms with E-state index in [0.717, 1.165) is 166 Å². The van der Waals surface area contributed by atoms with Crippen LogP contribution in [0.1, 0.15) is 57.9 Å². The number of aromatic nitrogens is 9. The van der Waals surface area contributed by atoms with E-state index in [4.69, 9.17) is 0 Å². The number of hydrogen-bond donors (Lipinski definition) is 3. The van der Waals surface area contributed by atoms with Gasteiger partial charge in [-0.3, -0.25) is 9.36 Å². The molecular weight excluding hydrogens is 1050 g/mol. The molecule has 0 spiro atoms. The summed E-state index contributed by atoms with van der Waals surface area (Å²) < 4.78 is 52.6. The first-order valence-electron chi connectivity index (χ1n) is 26.6. The molecule has 0 bridgehead atoms. The Labute approximate surface area is 465 Å². The van der Waals surface area contributed by atoms with Crippen molar-refractivity contribution < 1.29 is 13.2 Å². The van der Waals surface area contributed by atoms with Gasteiger partial charge >= 0.3 is 0 Å². The molecule has 7 aromatic heterocycles. The van der Waals surface area contributed by atoms with Gasteiger partial charge in [0.25, 0.3) is 0 Å². The number of thiazole rings is 3. The van der Waals surface area contributed by atoms with Crippen molar-refractivity contribution in [2.24, 2.45) is 14.1 Å². The zero-order chi connectivity index (χ0) is 53.9. The van der Waals surface area contributed by atoms with Gasteiger partial charge in [0.15, 0.2) is 17.5 Å². The number of piperidine rings is 1. The number of hydrogen-bond acceptors (Lipinski definition) is 12. The number of aryl methyl sites for hydroxylation is 4. The Kier molecular flexibility index (Phi) is 13.8. The average molecular weight is 1110 g/mol. The van der Waals surface area contributed by atoms with Gasteiger partial charge in [0, 0.05) is 68.7 Å². The molecule has 3 N–H and O–H groups in total. The van der Waals surface area contributed by atoms with E-state index in [1.807, 2.05) is 93.5 Å². The second kappa shape index (κ2) is 21.3. The van der Waals surface area contributed by atoms with Crippen molar-refractivity contribution in [2.75, 3.05) is 39.3 Å². The summed E-state index contributed by atoms with van der Waals surface area (Å²) in [6.07, 6.45) is 16.3. The Morgan fingerprint density at radius 1 is 0.506 bits per heavy atom. The lowest BCUT2D eigenvalue weighted by atomic mass is 9.99. The van der Waals surface area contributed by atoms with Crippen LogP contribution in [0, 0.1) is 31.3 Å². The van der Waals surface area contributed by atoms with E-state index in [0.29, 0.717) is 22.5 Å². The van der Waals surface area contributed by atoms with Crippen LogP contribution in [0.5, 0.6) is 0 Å². The summed E-state index contributed by atoms with van der Waals surface area (Å²) in [5.74, 6) is -0.316. The quantitative estimate of drug-likeness (QED) is 0.149. The smallest absolute Gasteiger partial charge is 0.150 e. The maximum Gasteiger partial charge on any atom is 0.150 e. The van der Waals surface area contributed by atoms with Gasteiger partial charge < -0.3 is 20.4 Å². The minimum absolute atomic E-state index is 0.236. The highest BCUT2D eigenvalue weighted by Crippen LogP contribution is 2.39. The van der Waals surface area contributed by atoms with Crippen molar-refractivity contribution in [2.45, 2.75) is 45.4 Å². The zero-order valence-corrected chi connectivity index (χ0v) is 46.5. The second-order valence-electron chi connectivity index (χ2n) is 20.6. The van der Waals surface area contributed by atoms with Crippen molar-refractivity contribution in [3.63, 3.8) is 0 Å². The fourth-order valence-corrected chi connectivity index (χ4v) is 14.2. The predicted molar refractivity (Wildman–Crippen MR) is 318 cm³/mol. The number of fused-ring (bicyclic) bond motifs is 6. The van der Waals surface area contributed by atoms with Crippen LogP contribution in [0.4, 0.5) is 13.2 Å². The molecule has 3 aliphatic rings. The molecule has 1 saturated heterocycles. The lowest BCUT2D eigenvalue weighted by Crippen LogP contribution is -2.26. The topological polar surface area (TPSA) is 128 Å². The van der Waals surface area contributed by atoms with E-state index in [-0.39, 0.29) is 17.5 Å². The fraction of sp³-hybridized carbons (Fsp3) is 0.246. The predicted octanol–water partition coefficient (Wildman–Crippen LogP) is 13.6. The van der Waals surface area contributed by atoms with Crippen LogP contribution < -0.4 is 16.0 Å². The van der Waals surface area contributed by atoms with Gasteiger partial charge in [-0.15, -0.1) is 34.0 Å². The highest BCUT2D eigenvalue weighted by molar-refractivity contribution is 7.20. The standard InChI is InChI=1S/C21H19FN4S.C20H19FN4S.C20H17FN4S/c1-12-7-16(11-26-10-13(2)24-20(12)26)15-8-17(22)19-18(9-15)27-21(25-19)14-3-5-23-6-4-14;2*1-25-11-15-8-13(2-3-17(15)24-25)14-9-16(21)19-18(10-14)26-20(23-19)12-4-6-22-7-5-12/h3,7-11,23H,4-6H2,1-2H3;2-3,8-12,22H,4-7H2,1H3;2-4,8-11,22H,5-7H2,1H3. The summed E-state index contributed by atoms with van der Waals surface area (Å²) in [6.45, 7) is 9.63. The van der Waals surface area contributed by atoms with Crippen molar-refractivity contribution in [3.8, 4) is 33.4 Å². The maximum absolute atomic E-state index is 14.8. The zero-order valence-electron chi connectivity index (χ0n) is 44.0. The average Bonchev–Trinajstić information content (AvgIpc) is 4.45. The summed E-state index contributed by atoms with van der Waals surface area (Å²) in [7, 11) is 3.81. The Morgan fingerprint density at radius 2 is 1.01 bits per heavy atom. The summed E-state index contributed by atoms with van der Waals surface area (Å²) in [4.78, 5) is 18.3. The molecule has 10 heterocycles. The van der Waals surface area contributed by atoms with Gasteiger partial charge in [-0.25, -0.2) is 33.1 Å². The fourth-order valence-electron chi connectivity index (χ4n) is 10.8. The number of nitrogens with zero attached hydrogens (tertiary/aromatic N) is 9. The lowest BCUT2D eigenvalue weighted by molar-refractivity contribution is 0.459. The van der Waals surface area contributed by atoms with Gasteiger partial charge in [-0.1, -0.05) is 24.3 Å². The second-order valence-corrected chi connectivity index (χ2v) is 23.7. The van der Waals surface area contributed by atoms with Crippen LogP contribution in [0.2, 0.25) is 0 Å². The third kappa shape index (κ3) is 10.4. The van der Waals surface area contributed by atoms with Crippen LogP contribution in [-0.4, -0.2) is 83.2 Å². The van der Waals surface area contributed by atoms with E-state index in [1.54, 1.807) is 61.6 Å². The van der Waals surface area contributed by atoms with Crippen LogP contribution in [0.15, 0.2) is 116 Å². The maximum atomic E-state index is 14.8. The molecule has 12 aromatic rings. The molecule has 79 heavy (non-hydrogen) atoms. The molecule has 0 amide bonds. The van der Waals surface area contributed by atoms with Crippen LogP contribution >= 0.6 is 34.0 Å². The Hall–Kier alpha value is -7.45. The van der Waals surface area contributed by atoms with Crippen LogP contribution in [-0.2, 0) is 14.1 Å². The van der Waals surface area contributed by atoms with E-state index in [9.17, 15) is 13.2 Å². The minimum atomic E-state index is -0.265. The summed E-state index contributed by atoms with van der Waals surface area (Å²) in [6, 6.07) is 25.1. The third-order valence-corrected chi connectivity index (χ3v) is 18.1. The first kappa shape index (κ1) is 51.0. The summed E-state index contributed by atoms with van der Waals surface area (Å²) in [5, 5.41) is 23.8. The SMILES string of the molecule is Cc1cn2cc(-c3cc(F)c4nc(C5=CCNCC5)sc4c3)cc(C)c2n1.Cn1cc2cc(-c3cc(F)c4nc(C5=CCNCC5)sc4c3)ccc2n1.Cn1cc2cc(-c3cc(F)c4nc(C5CCNCC5)sc4c3)ccc2n1. The van der Waals surface area contributed by atoms with Crippen LogP contribution in [0.3, 0.4) is 0 Å². The number of halogens is 3. The van der Waals surface area contributed by atoms with Gasteiger partial charge in [0.2, 0.25) is 0 Å². The van der Waals surface area contributed by atoms with E-state index < -0.39 is 0 Å². The van der Waals surface area contributed by atoms with Crippen LogP contribution in [0.25, 0.3) is 103 Å². The van der Waals surface area contributed by atoms with E-state index >= 15 is 0 Å². The van der Waals surface area contributed by atoms with Crippen molar-refractivity contribution in [3.05, 3.63) is 160 Å².